The molecule has 1 N–H and O–H groups in total. The van der Waals surface area contributed by atoms with Crippen LogP contribution in [0.2, 0.25) is 0 Å². The number of rotatable bonds is 6. The molecule has 3 atom stereocenters. The van der Waals surface area contributed by atoms with Gasteiger partial charge in [0.1, 0.15) is 0 Å². The van der Waals surface area contributed by atoms with Gasteiger partial charge in [0.25, 0.3) is 0 Å². The van der Waals surface area contributed by atoms with Crippen molar-refractivity contribution in [1.82, 2.24) is 10.2 Å². The third-order valence-corrected chi connectivity index (χ3v) is 5.06. The van der Waals surface area contributed by atoms with E-state index in [4.69, 9.17) is 0 Å². The molecule has 0 aromatic rings. The predicted octanol–water partition coefficient (Wildman–Crippen LogP) is 2.59. The summed E-state index contributed by atoms with van der Waals surface area (Å²) in [7, 11) is 0. The van der Waals surface area contributed by atoms with E-state index in [0.29, 0.717) is 0 Å². The van der Waals surface area contributed by atoms with Gasteiger partial charge in [-0.2, -0.15) is 11.8 Å². The van der Waals surface area contributed by atoms with E-state index in [9.17, 15) is 0 Å². The summed E-state index contributed by atoms with van der Waals surface area (Å²) in [6.45, 7) is 12.9. The zero-order valence-corrected chi connectivity index (χ0v) is 12.1. The van der Waals surface area contributed by atoms with E-state index in [1.165, 1.54) is 31.7 Å². The molecule has 0 spiro atoms. The van der Waals surface area contributed by atoms with Gasteiger partial charge in [0.05, 0.1) is 0 Å². The smallest absolute Gasteiger partial charge is 0.0186 e. The Bertz CT molecular complexity index is 187. The van der Waals surface area contributed by atoms with Crippen LogP contribution in [-0.2, 0) is 0 Å². The summed E-state index contributed by atoms with van der Waals surface area (Å²) in [5, 5.41) is 4.20. The maximum absolute atomic E-state index is 3.40. The molecule has 1 heterocycles. The van der Waals surface area contributed by atoms with Crippen LogP contribution in [-0.4, -0.2) is 47.6 Å². The van der Waals surface area contributed by atoms with Crippen LogP contribution < -0.4 is 5.32 Å². The van der Waals surface area contributed by atoms with E-state index in [1.54, 1.807) is 0 Å². The molecule has 0 saturated carbocycles. The van der Waals surface area contributed by atoms with Crippen LogP contribution in [0.5, 0.6) is 0 Å². The molecule has 3 heteroatoms. The van der Waals surface area contributed by atoms with Crippen molar-refractivity contribution >= 4 is 11.8 Å². The number of nitrogens with one attached hydrogen (secondary N) is 1. The second-order valence-corrected chi connectivity index (χ2v) is 6.38. The van der Waals surface area contributed by atoms with Gasteiger partial charge in [-0.3, -0.25) is 4.90 Å². The molecule has 1 saturated heterocycles. The van der Waals surface area contributed by atoms with Crippen molar-refractivity contribution in [2.45, 2.75) is 57.9 Å². The number of hydrogen-bond acceptors (Lipinski definition) is 3. The Kier molecular flexibility index (Phi) is 6.78. The largest absolute Gasteiger partial charge is 0.317 e. The minimum absolute atomic E-state index is 0.743. The van der Waals surface area contributed by atoms with Crippen molar-refractivity contribution in [3.63, 3.8) is 0 Å². The predicted molar refractivity (Wildman–Crippen MR) is 75.3 cm³/mol. The lowest BCUT2D eigenvalue weighted by Gasteiger charge is -2.41. The molecule has 0 aliphatic carbocycles. The average Bonchev–Trinajstić information content (AvgIpc) is 2.28. The number of nitrogens with zero attached hydrogens (tertiary/aromatic N) is 1. The third-order valence-electron chi connectivity index (χ3n) is 3.72. The van der Waals surface area contributed by atoms with Crippen molar-refractivity contribution in [2.24, 2.45) is 0 Å². The highest BCUT2D eigenvalue weighted by Gasteiger charge is 2.27. The summed E-state index contributed by atoms with van der Waals surface area (Å²) in [4.78, 5) is 2.70. The molecule has 1 fully saturated rings. The minimum atomic E-state index is 0.743. The molecule has 0 bridgehead atoms. The van der Waals surface area contributed by atoms with Gasteiger partial charge in [0, 0.05) is 29.6 Å². The fourth-order valence-electron chi connectivity index (χ4n) is 2.44. The molecule has 96 valence electrons. The van der Waals surface area contributed by atoms with Gasteiger partial charge in [-0.15, -0.1) is 0 Å². The van der Waals surface area contributed by atoms with Crippen molar-refractivity contribution in [1.29, 1.82) is 0 Å². The van der Waals surface area contributed by atoms with Gasteiger partial charge in [-0.1, -0.05) is 13.8 Å². The van der Waals surface area contributed by atoms with Crippen LogP contribution in [0.1, 0.15) is 40.5 Å². The molecular weight excluding hydrogens is 216 g/mol. The second kappa shape index (κ2) is 7.57. The summed E-state index contributed by atoms with van der Waals surface area (Å²) in [6.07, 6.45) is 2.63. The highest BCUT2D eigenvalue weighted by atomic mass is 32.2. The lowest BCUT2D eigenvalue weighted by atomic mass is 10.1. The molecule has 2 nitrogen and oxygen atoms in total. The normalized spacial score (nSPS) is 29.2. The zero-order valence-electron chi connectivity index (χ0n) is 11.3. The Balaban J connectivity index is 2.26. The highest BCUT2D eigenvalue weighted by molar-refractivity contribution is 8.00. The monoisotopic (exact) mass is 244 g/mol. The molecule has 16 heavy (non-hydrogen) atoms. The van der Waals surface area contributed by atoms with Gasteiger partial charge >= 0.3 is 0 Å². The summed E-state index contributed by atoms with van der Waals surface area (Å²) in [6, 6.07) is 1.49. The summed E-state index contributed by atoms with van der Waals surface area (Å²) < 4.78 is 0. The van der Waals surface area contributed by atoms with Gasteiger partial charge < -0.3 is 5.32 Å². The fourth-order valence-corrected chi connectivity index (χ4v) is 3.57. The Morgan fingerprint density at radius 1 is 1.44 bits per heavy atom. The number of thioether (sulfide) groups is 1. The van der Waals surface area contributed by atoms with Crippen molar-refractivity contribution in [3.8, 4) is 0 Å². The van der Waals surface area contributed by atoms with Crippen LogP contribution >= 0.6 is 11.8 Å². The average molecular weight is 244 g/mol. The van der Waals surface area contributed by atoms with E-state index in [1.807, 2.05) is 0 Å². The van der Waals surface area contributed by atoms with Crippen molar-refractivity contribution in [2.75, 3.05) is 25.4 Å². The fraction of sp³-hybridized carbons (Fsp3) is 1.00. The Labute approximate surface area is 106 Å². The van der Waals surface area contributed by atoms with E-state index < -0.39 is 0 Å². The van der Waals surface area contributed by atoms with E-state index in [2.05, 4.69) is 49.7 Å². The lowest BCUT2D eigenvalue weighted by molar-refractivity contribution is 0.148. The second-order valence-electron chi connectivity index (χ2n) is 4.90. The quantitative estimate of drug-likeness (QED) is 0.723. The van der Waals surface area contributed by atoms with Gasteiger partial charge in [0.2, 0.25) is 0 Å². The molecule has 1 aliphatic rings. The van der Waals surface area contributed by atoms with Gasteiger partial charge in [-0.25, -0.2) is 0 Å². The van der Waals surface area contributed by atoms with Crippen LogP contribution in [0.3, 0.4) is 0 Å². The van der Waals surface area contributed by atoms with Crippen molar-refractivity contribution < 1.29 is 0 Å². The SMILES string of the molecule is CCNCCCC(C)N1CCSC(C)C1C. The summed E-state index contributed by atoms with van der Waals surface area (Å²) in [5.41, 5.74) is 0. The molecule has 3 unspecified atom stereocenters. The van der Waals surface area contributed by atoms with Crippen LogP contribution in [0.15, 0.2) is 0 Å². The molecule has 0 radical (unpaired) electrons. The summed E-state index contributed by atoms with van der Waals surface area (Å²) >= 11 is 2.13. The van der Waals surface area contributed by atoms with Crippen LogP contribution in [0.25, 0.3) is 0 Å². The maximum Gasteiger partial charge on any atom is 0.0186 e. The molecule has 1 aliphatic heterocycles. The molecule has 0 amide bonds. The van der Waals surface area contributed by atoms with E-state index in [0.717, 1.165) is 23.9 Å². The first-order valence-electron chi connectivity index (χ1n) is 6.74. The van der Waals surface area contributed by atoms with Crippen molar-refractivity contribution in [3.05, 3.63) is 0 Å². The lowest BCUT2D eigenvalue weighted by Crippen LogP contribution is -2.49. The third kappa shape index (κ3) is 4.27. The Morgan fingerprint density at radius 3 is 2.88 bits per heavy atom. The molecule has 1 rings (SSSR count). The Hall–Kier alpha value is 0.270. The zero-order chi connectivity index (χ0) is 12.0. The molecule has 0 aromatic carbocycles. The highest BCUT2D eigenvalue weighted by Crippen LogP contribution is 2.26. The topological polar surface area (TPSA) is 15.3 Å². The van der Waals surface area contributed by atoms with E-state index in [-0.39, 0.29) is 0 Å². The van der Waals surface area contributed by atoms with E-state index >= 15 is 0 Å². The Morgan fingerprint density at radius 2 is 2.19 bits per heavy atom. The summed E-state index contributed by atoms with van der Waals surface area (Å²) in [5.74, 6) is 1.31. The minimum Gasteiger partial charge on any atom is -0.317 e. The molecular formula is C13H28N2S. The van der Waals surface area contributed by atoms with Gasteiger partial charge in [-0.05, 0) is 39.8 Å². The van der Waals surface area contributed by atoms with Crippen LogP contribution in [0, 0.1) is 0 Å². The molecule has 0 aromatic heterocycles. The first kappa shape index (κ1) is 14.3. The first-order chi connectivity index (χ1) is 7.66. The maximum atomic E-state index is 3.40. The standard InChI is InChI=1S/C13H28N2S/c1-5-14-8-6-7-11(2)15-9-10-16-13(4)12(15)3/h11-14H,5-10H2,1-4H3. The first-order valence-corrected chi connectivity index (χ1v) is 7.79. The van der Waals surface area contributed by atoms with Gasteiger partial charge in [0.15, 0.2) is 0 Å². The number of hydrogen-bond donors (Lipinski definition) is 1. The van der Waals surface area contributed by atoms with Crippen LogP contribution in [0.4, 0.5) is 0 Å².